The summed E-state index contributed by atoms with van der Waals surface area (Å²) in [5, 5.41) is 2.24. The lowest BCUT2D eigenvalue weighted by molar-refractivity contribution is 0.943. The van der Waals surface area contributed by atoms with Crippen LogP contribution in [0.5, 0.6) is 0 Å². The zero-order valence-electron chi connectivity index (χ0n) is 23.0. The molecule has 6 nitrogen and oxygen atoms in total. The highest BCUT2D eigenvalue weighted by atomic mass is 15.2. The van der Waals surface area contributed by atoms with Gasteiger partial charge in [0.05, 0.1) is 11.0 Å². The molecule has 0 saturated heterocycles. The molecule has 8 rings (SSSR count). The fraction of sp³-hybridized carbons (Fsp3) is 0. The lowest BCUT2D eigenvalue weighted by Gasteiger charge is -2.10. The summed E-state index contributed by atoms with van der Waals surface area (Å²) in [5.41, 5.74) is 7.98. The van der Waals surface area contributed by atoms with Gasteiger partial charge in [0.15, 0.2) is 11.6 Å². The van der Waals surface area contributed by atoms with Crippen LogP contribution >= 0.6 is 0 Å². The van der Waals surface area contributed by atoms with Crippen LogP contribution in [0.3, 0.4) is 0 Å². The minimum Gasteiger partial charge on any atom is -0.278 e. The summed E-state index contributed by atoms with van der Waals surface area (Å²) >= 11 is 0. The van der Waals surface area contributed by atoms with Crippen LogP contribution in [0.25, 0.3) is 73.0 Å². The summed E-state index contributed by atoms with van der Waals surface area (Å²) in [6, 6.07) is 45.5. The number of rotatable bonds is 5. The molecule has 0 aliphatic rings. The first-order chi connectivity index (χ1) is 21.3. The quantitative estimate of drug-likeness (QED) is 0.214. The highest BCUT2D eigenvalue weighted by molar-refractivity contribution is 6.11. The number of benzene rings is 4. The van der Waals surface area contributed by atoms with Crippen LogP contribution in [-0.4, -0.2) is 29.5 Å². The molecule has 0 amide bonds. The van der Waals surface area contributed by atoms with Gasteiger partial charge in [-0.15, -0.1) is 0 Å². The molecule has 0 radical (unpaired) electrons. The Morgan fingerprint density at radius 3 is 1.30 bits per heavy atom. The summed E-state index contributed by atoms with van der Waals surface area (Å²) < 4.78 is 2.12. The Kier molecular flexibility index (Phi) is 6.01. The van der Waals surface area contributed by atoms with Crippen molar-refractivity contribution < 1.29 is 0 Å². The third kappa shape index (κ3) is 4.51. The van der Waals surface area contributed by atoms with Crippen molar-refractivity contribution in [1.29, 1.82) is 0 Å². The van der Waals surface area contributed by atoms with Crippen LogP contribution in [-0.2, 0) is 0 Å². The van der Waals surface area contributed by atoms with Crippen LogP contribution < -0.4 is 0 Å². The molecule has 43 heavy (non-hydrogen) atoms. The van der Waals surface area contributed by atoms with Crippen molar-refractivity contribution in [2.24, 2.45) is 0 Å². The van der Waals surface area contributed by atoms with Crippen LogP contribution in [0.2, 0.25) is 0 Å². The van der Waals surface area contributed by atoms with Crippen LogP contribution in [0.15, 0.2) is 146 Å². The van der Waals surface area contributed by atoms with E-state index >= 15 is 0 Å². The summed E-state index contributed by atoms with van der Waals surface area (Å²) in [7, 11) is 0. The zero-order valence-corrected chi connectivity index (χ0v) is 23.0. The molecule has 4 aromatic heterocycles. The molecule has 202 valence electrons. The lowest BCUT2D eigenvalue weighted by Crippen LogP contribution is -2.07. The van der Waals surface area contributed by atoms with Gasteiger partial charge in [0.25, 0.3) is 0 Å². The summed E-state index contributed by atoms with van der Waals surface area (Å²) in [4.78, 5) is 23.8. The molecule has 0 saturated carbocycles. The maximum atomic E-state index is 4.98. The molecule has 8 aromatic rings. The van der Waals surface area contributed by atoms with Crippen LogP contribution in [0, 0.1) is 0 Å². The molecule has 0 aliphatic heterocycles. The Morgan fingerprint density at radius 1 is 0.395 bits per heavy atom. The van der Waals surface area contributed by atoms with Crippen molar-refractivity contribution in [1.82, 2.24) is 29.5 Å². The van der Waals surface area contributed by atoms with Gasteiger partial charge in [0.2, 0.25) is 5.95 Å². The van der Waals surface area contributed by atoms with E-state index in [2.05, 4.69) is 99.5 Å². The van der Waals surface area contributed by atoms with Gasteiger partial charge in [0, 0.05) is 23.2 Å². The smallest absolute Gasteiger partial charge is 0.238 e. The van der Waals surface area contributed by atoms with Crippen molar-refractivity contribution in [3.8, 4) is 51.2 Å². The van der Waals surface area contributed by atoms with Gasteiger partial charge >= 0.3 is 0 Å². The van der Waals surface area contributed by atoms with E-state index in [9.17, 15) is 0 Å². The molecular formula is C37H24N6. The maximum absolute atomic E-state index is 4.98. The van der Waals surface area contributed by atoms with Gasteiger partial charge in [-0.05, 0) is 70.8 Å². The summed E-state index contributed by atoms with van der Waals surface area (Å²) in [6.07, 6.45) is 3.49. The van der Waals surface area contributed by atoms with Crippen molar-refractivity contribution in [2.75, 3.05) is 0 Å². The minimum atomic E-state index is 0.489. The fourth-order valence-corrected chi connectivity index (χ4v) is 5.54. The second-order valence-corrected chi connectivity index (χ2v) is 10.2. The molecule has 0 aliphatic carbocycles. The monoisotopic (exact) mass is 552 g/mol. The number of hydrogen-bond acceptors (Lipinski definition) is 5. The SMILES string of the molecule is c1ccc(-c2ccc3c(c2)c2cc(-c4ccccc4)ccc2n3-c2nc(-c3ccccn3)nc(-c3ccccn3)n2)cc1. The second kappa shape index (κ2) is 10.4. The van der Waals surface area contributed by atoms with Gasteiger partial charge < -0.3 is 0 Å². The first-order valence-corrected chi connectivity index (χ1v) is 14.1. The molecular weight excluding hydrogens is 528 g/mol. The molecule has 4 heterocycles. The highest BCUT2D eigenvalue weighted by Crippen LogP contribution is 2.37. The van der Waals surface area contributed by atoms with Crippen LogP contribution in [0.1, 0.15) is 0 Å². The van der Waals surface area contributed by atoms with Crippen molar-refractivity contribution in [3.05, 3.63) is 146 Å². The van der Waals surface area contributed by atoms with Crippen molar-refractivity contribution in [2.45, 2.75) is 0 Å². The zero-order chi connectivity index (χ0) is 28.6. The average Bonchev–Trinajstić information content (AvgIpc) is 3.42. The molecule has 0 atom stereocenters. The molecule has 0 spiro atoms. The van der Waals surface area contributed by atoms with Gasteiger partial charge in [-0.25, -0.2) is 4.98 Å². The fourth-order valence-electron chi connectivity index (χ4n) is 5.54. The third-order valence-corrected chi connectivity index (χ3v) is 7.59. The minimum absolute atomic E-state index is 0.489. The lowest BCUT2D eigenvalue weighted by atomic mass is 10.0. The summed E-state index contributed by atoms with van der Waals surface area (Å²) in [6.45, 7) is 0. The van der Waals surface area contributed by atoms with Crippen LogP contribution in [0.4, 0.5) is 0 Å². The van der Waals surface area contributed by atoms with Gasteiger partial charge in [-0.3, -0.25) is 14.5 Å². The number of pyridine rings is 2. The Balaban J connectivity index is 1.42. The Morgan fingerprint density at radius 2 is 0.860 bits per heavy atom. The second-order valence-electron chi connectivity index (χ2n) is 10.2. The topological polar surface area (TPSA) is 69.4 Å². The number of aromatic nitrogens is 6. The maximum Gasteiger partial charge on any atom is 0.238 e. The summed E-state index contributed by atoms with van der Waals surface area (Å²) in [5.74, 6) is 1.49. The van der Waals surface area contributed by atoms with E-state index in [0.717, 1.165) is 32.9 Å². The largest absolute Gasteiger partial charge is 0.278 e. The third-order valence-electron chi connectivity index (χ3n) is 7.59. The standard InChI is InChI=1S/C37H24N6/c1-3-11-25(12-4-1)27-17-19-33-29(23-27)30-24-28(26-13-5-2-6-14-26)18-20-34(30)43(33)37-41-35(31-15-7-9-21-38-31)40-36(42-37)32-16-8-10-22-39-32/h1-24H. The Hall–Kier alpha value is -6.01. The van der Waals surface area contributed by atoms with E-state index in [-0.39, 0.29) is 0 Å². The molecule has 6 heteroatoms. The number of hydrogen-bond donors (Lipinski definition) is 0. The first kappa shape index (κ1) is 24.8. The van der Waals surface area contributed by atoms with E-state index in [1.165, 1.54) is 11.1 Å². The van der Waals surface area contributed by atoms with Gasteiger partial charge in [-0.1, -0.05) is 84.9 Å². The highest BCUT2D eigenvalue weighted by Gasteiger charge is 2.19. The van der Waals surface area contributed by atoms with Crippen molar-refractivity contribution >= 4 is 21.8 Å². The van der Waals surface area contributed by atoms with E-state index < -0.39 is 0 Å². The normalized spacial score (nSPS) is 11.3. The van der Waals surface area contributed by atoms with Gasteiger partial charge in [-0.2, -0.15) is 9.97 Å². The molecule has 0 bridgehead atoms. The first-order valence-electron chi connectivity index (χ1n) is 14.1. The van der Waals surface area contributed by atoms with E-state index in [0.29, 0.717) is 29.0 Å². The molecule has 0 fully saturated rings. The van der Waals surface area contributed by atoms with E-state index in [1.54, 1.807) is 12.4 Å². The molecule has 0 unspecified atom stereocenters. The van der Waals surface area contributed by atoms with E-state index in [4.69, 9.17) is 15.0 Å². The van der Waals surface area contributed by atoms with Crippen molar-refractivity contribution in [3.63, 3.8) is 0 Å². The number of fused-ring (bicyclic) bond motifs is 3. The molecule has 0 N–H and O–H groups in total. The Bertz CT molecular complexity index is 2060. The average molecular weight is 553 g/mol. The number of nitrogens with zero attached hydrogens (tertiary/aromatic N) is 6. The molecule has 4 aromatic carbocycles. The Labute approximate surface area is 248 Å². The predicted molar refractivity (Wildman–Crippen MR) is 171 cm³/mol. The predicted octanol–water partition coefficient (Wildman–Crippen LogP) is 8.43. The van der Waals surface area contributed by atoms with E-state index in [1.807, 2.05) is 48.5 Å². The van der Waals surface area contributed by atoms with Gasteiger partial charge in [0.1, 0.15) is 11.4 Å².